The Morgan fingerprint density at radius 1 is 1.13 bits per heavy atom. The lowest BCUT2D eigenvalue weighted by atomic mass is 10.1. The number of nitrogens with zero attached hydrogens (tertiary/aromatic N) is 2. The van der Waals surface area contributed by atoms with Crippen LogP contribution in [0, 0.1) is 0 Å². The van der Waals surface area contributed by atoms with E-state index in [0.29, 0.717) is 19.0 Å². The zero-order valence-electron chi connectivity index (χ0n) is 16.3. The third kappa shape index (κ3) is 6.51. The van der Waals surface area contributed by atoms with Gasteiger partial charge in [0.2, 0.25) is 5.88 Å². The number of hydrogen-bond acceptors (Lipinski definition) is 3. The molecule has 0 aliphatic heterocycles. The number of pyridine rings is 1. The zero-order valence-corrected chi connectivity index (χ0v) is 18.6. The first-order valence-electron chi connectivity index (χ1n) is 9.13. The van der Waals surface area contributed by atoms with Gasteiger partial charge in [0.25, 0.3) is 0 Å². The molecule has 0 spiro atoms. The summed E-state index contributed by atoms with van der Waals surface area (Å²) in [4.78, 5) is 11.1. The Kier molecular flexibility index (Phi) is 8.75. The zero-order chi connectivity index (χ0) is 20.7. The highest BCUT2D eigenvalue weighted by molar-refractivity contribution is 14.0. The summed E-state index contributed by atoms with van der Waals surface area (Å²) in [6.07, 6.45) is -0.810. The SMILES string of the molecule is CN=C(NCCOc1ccc(C(F)(F)F)cn1)NCCc1c[nH]c2ccccc12.I. The van der Waals surface area contributed by atoms with E-state index in [1.807, 2.05) is 24.4 Å². The van der Waals surface area contributed by atoms with Crippen molar-refractivity contribution in [3.8, 4) is 5.88 Å². The third-order valence-corrected chi connectivity index (χ3v) is 4.29. The highest BCUT2D eigenvalue weighted by Crippen LogP contribution is 2.29. The lowest BCUT2D eigenvalue weighted by molar-refractivity contribution is -0.137. The normalized spacial score (nSPS) is 11.8. The van der Waals surface area contributed by atoms with Gasteiger partial charge in [0, 0.05) is 43.0 Å². The van der Waals surface area contributed by atoms with Gasteiger partial charge in [-0.2, -0.15) is 13.2 Å². The average Bonchev–Trinajstić information content (AvgIpc) is 3.12. The maximum absolute atomic E-state index is 12.5. The topological polar surface area (TPSA) is 74.3 Å². The number of aliphatic imine (C=N–C) groups is 1. The molecular weight excluding hydrogens is 510 g/mol. The van der Waals surface area contributed by atoms with Crippen LogP contribution in [-0.4, -0.2) is 42.7 Å². The molecule has 0 radical (unpaired) electrons. The number of nitrogens with one attached hydrogen (secondary N) is 3. The Morgan fingerprint density at radius 2 is 1.90 bits per heavy atom. The minimum atomic E-state index is -4.40. The molecule has 3 rings (SSSR count). The lowest BCUT2D eigenvalue weighted by Crippen LogP contribution is -2.40. The average molecular weight is 533 g/mol. The quantitative estimate of drug-likeness (QED) is 0.186. The van der Waals surface area contributed by atoms with E-state index >= 15 is 0 Å². The highest BCUT2D eigenvalue weighted by atomic mass is 127. The summed E-state index contributed by atoms with van der Waals surface area (Å²) in [7, 11) is 1.67. The van der Waals surface area contributed by atoms with Crippen molar-refractivity contribution >= 4 is 40.8 Å². The van der Waals surface area contributed by atoms with E-state index in [0.717, 1.165) is 24.2 Å². The predicted molar refractivity (Wildman–Crippen MR) is 122 cm³/mol. The van der Waals surface area contributed by atoms with E-state index in [1.165, 1.54) is 17.0 Å². The van der Waals surface area contributed by atoms with Crippen LogP contribution in [0.15, 0.2) is 53.8 Å². The monoisotopic (exact) mass is 533 g/mol. The molecule has 0 saturated heterocycles. The molecule has 0 unspecified atom stereocenters. The first-order valence-corrected chi connectivity index (χ1v) is 9.13. The number of para-hydroxylation sites is 1. The fraction of sp³-hybridized carbons (Fsp3) is 0.300. The predicted octanol–water partition coefficient (Wildman–Crippen LogP) is 3.99. The van der Waals surface area contributed by atoms with E-state index in [2.05, 4.69) is 31.7 Å². The molecule has 0 aliphatic carbocycles. The second-order valence-corrected chi connectivity index (χ2v) is 6.27. The van der Waals surface area contributed by atoms with Crippen LogP contribution in [0.25, 0.3) is 10.9 Å². The fourth-order valence-electron chi connectivity index (χ4n) is 2.83. The molecule has 2 heterocycles. The highest BCUT2D eigenvalue weighted by Gasteiger charge is 2.30. The van der Waals surface area contributed by atoms with Gasteiger partial charge in [0.15, 0.2) is 5.96 Å². The van der Waals surface area contributed by atoms with Crippen molar-refractivity contribution in [2.45, 2.75) is 12.6 Å². The van der Waals surface area contributed by atoms with Crippen LogP contribution >= 0.6 is 24.0 Å². The standard InChI is InChI=1S/C20H22F3N5O.HI/c1-24-19(25-9-8-14-12-27-17-5-3-2-4-16(14)17)26-10-11-29-18-7-6-15(13-28-18)20(21,22)23;/h2-7,12-13,27H,8-11H2,1H3,(H2,24,25,26);1H. The van der Waals surface area contributed by atoms with E-state index in [9.17, 15) is 13.2 Å². The fourth-order valence-corrected chi connectivity index (χ4v) is 2.83. The molecule has 162 valence electrons. The van der Waals surface area contributed by atoms with Crippen LogP contribution in [0.5, 0.6) is 5.88 Å². The van der Waals surface area contributed by atoms with E-state index < -0.39 is 11.7 Å². The molecule has 0 bridgehead atoms. The van der Waals surface area contributed by atoms with Crippen molar-refractivity contribution in [3.63, 3.8) is 0 Å². The van der Waals surface area contributed by atoms with Gasteiger partial charge in [-0.1, -0.05) is 18.2 Å². The van der Waals surface area contributed by atoms with Gasteiger partial charge in [-0.15, -0.1) is 24.0 Å². The summed E-state index contributed by atoms with van der Waals surface area (Å²) in [6, 6.07) is 10.3. The Morgan fingerprint density at radius 3 is 2.60 bits per heavy atom. The Balaban J connectivity index is 0.00000320. The Hall–Kier alpha value is -2.50. The molecule has 1 aromatic carbocycles. The van der Waals surface area contributed by atoms with Crippen LogP contribution in [0.1, 0.15) is 11.1 Å². The van der Waals surface area contributed by atoms with Crippen molar-refractivity contribution in [2.75, 3.05) is 26.7 Å². The third-order valence-electron chi connectivity index (χ3n) is 4.29. The van der Waals surface area contributed by atoms with E-state index in [-0.39, 0.29) is 36.5 Å². The summed E-state index contributed by atoms with van der Waals surface area (Å²) in [5.41, 5.74) is 1.53. The van der Waals surface area contributed by atoms with Crippen molar-refractivity contribution in [3.05, 3.63) is 59.9 Å². The number of rotatable bonds is 7. The smallest absolute Gasteiger partial charge is 0.417 e. The van der Waals surface area contributed by atoms with Crippen LogP contribution in [0.4, 0.5) is 13.2 Å². The van der Waals surface area contributed by atoms with E-state index in [4.69, 9.17) is 4.74 Å². The van der Waals surface area contributed by atoms with Crippen molar-refractivity contribution in [1.29, 1.82) is 0 Å². The first kappa shape index (κ1) is 23.8. The first-order chi connectivity index (χ1) is 14.0. The lowest BCUT2D eigenvalue weighted by Gasteiger charge is -2.12. The summed E-state index contributed by atoms with van der Waals surface area (Å²) >= 11 is 0. The molecule has 3 aromatic rings. The van der Waals surface area contributed by atoms with Crippen LogP contribution in [-0.2, 0) is 12.6 Å². The van der Waals surface area contributed by atoms with Gasteiger partial charge in [-0.3, -0.25) is 4.99 Å². The van der Waals surface area contributed by atoms with Gasteiger partial charge >= 0.3 is 6.18 Å². The minimum absolute atomic E-state index is 0. The number of benzene rings is 1. The molecule has 3 N–H and O–H groups in total. The van der Waals surface area contributed by atoms with Gasteiger partial charge in [-0.25, -0.2) is 4.98 Å². The summed E-state index contributed by atoms with van der Waals surface area (Å²) < 4.78 is 42.9. The number of H-pyrrole nitrogens is 1. The molecule has 0 atom stereocenters. The number of guanidine groups is 1. The van der Waals surface area contributed by atoms with Crippen molar-refractivity contribution < 1.29 is 17.9 Å². The van der Waals surface area contributed by atoms with Crippen LogP contribution in [0.3, 0.4) is 0 Å². The van der Waals surface area contributed by atoms with Gasteiger partial charge in [0.05, 0.1) is 12.1 Å². The van der Waals surface area contributed by atoms with Crippen molar-refractivity contribution in [1.82, 2.24) is 20.6 Å². The number of aromatic amines is 1. The molecule has 0 aliphatic rings. The number of halogens is 4. The summed E-state index contributed by atoms with van der Waals surface area (Å²) in [6.45, 7) is 1.36. The number of hydrogen-bond donors (Lipinski definition) is 3. The maximum Gasteiger partial charge on any atom is 0.417 e. The van der Waals surface area contributed by atoms with Crippen LogP contribution < -0.4 is 15.4 Å². The van der Waals surface area contributed by atoms with Gasteiger partial charge < -0.3 is 20.4 Å². The van der Waals surface area contributed by atoms with Gasteiger partial charge in [0.1, 0.15) is 6.61 Å². The number of fused-ring (bicyclic) bond motifs is 1. The molecule has 0 amide bonds. The minimum Gasteiger partial charge on any atom is -0.476 e. The molecule has 0 fully saturated rings. The molecule has 2 aromatic heterocycles. The Labute approximate surface area is 189 Å². The number of ether oxygens (including phenoxy) is 1. The van der Waals surface area contributed by atoms with E-state index in [1.54, 1.807) is 7.05 Å². The molecule has 0 saturated carbocycles. The Bertz CT molecular complexity index is 957. The largest absolute Gasteiger partial charge is 0.476 e. The van der Waals surface area contributed by atoms with Crippen LogP contribution in [0.2, 0.25) is 0 Å². The summed E-state index contributed by atoms with van der Waals surface area (Å²) in [5.74, 6) is 0.760. The maximum atomic E-state index is 12.5. The molecule has 30 heavy (non-hydrogen) atoms. The molecular formula is C20H23F3IN5O. The summed E-state index contributed by atoms with van der Waals surface area (Å²) in [5, 5.41) is 7.52. The molecule has 10 heteroatoms. The van der Waals surface area contributed by atoms with Crippen molar-refractivity contribution in [2.24, 2.45) is 4.99 Å². The van der Waals surface area contributed by atoms with Gasteiger partial charge in [-0.05, 0) is 24.1 Å². The number of alkyl halides is 3. The molecule has 6 nitrogen and oxygen atoms in total. The second-order valence-electron chi connectivity index (χ2n) is 6.27. The second kappa shape index (κ2) is 11.0. The number of aromatic nitrogens is 2.